The number of pyridine rings is 1. The molecular formula is C21H14N4O5. The molecule has 0 aliphatic heterocycles. The number of methoxy groups -OCH3 is 1. The Morgan fingerprint density at radius 2 is 1.97 bits per heavy atom. The predicted molar refractivity (Wildman–Crippen MR) is 107 cm³/mol. The number of benzene rings is 1. The van der Waals surface area contributed by atoms with Gasteiger partial charge >= 0.3 is 0 Å². The van der Waals surface area contributed by atoms with Crippen molar-refractivity contribution in [3.63, 3.8) is 0 Å². The SMILES string of the molecule is COCc1c([N+](=O)[O-])c(C=Cc2ccc(-c3ccccc3C#N)o2)[nH]c(=O)c1C#N. The number of nitrogens with zero attached hydrogens (tertiary/aromatic N) is 3. The van der Waals surface area contributed by atoms with Crippen molar-refractivity contribution in [2.75, 3.05) is 7.11 Å². The van der Waals surface area contributed by atoms with Gasteiger partial charge in [0.25, 0.3) is 11.2 Å². The molecule has 2 aromatic heterocycles. The molecule has 1 N–H and O–H groups in total. The van der Waals surface area contributed by atoms with E-state index >= 15 is 0 Å². The van der Waals surface area contributed by atoms with Crippen LogP contribution in [0.5, 0.6) is 0 Å². The van der Waals surface area contributed by atoms with Gasteiger partial charge in [-0.1, -0.05) is 12.1 Å². The number of nitriles is 2. The maximum atomic E-state index is 12.2. The third-order valence-corrected chi connectivity index (χ3v) is 4.26. The zero-order chi connectivity index (χ0) is 21.7. The summed E-state index contributed by atoms with van der Waals surface area (Å²) in [6.45, 7) is -0.264. The summed E-state index contributed by atoms with van der Waals surface area (Å²) in [7, 11) is 1.31. The number of H-pyrrole nitrogens is 1. The number of hydrogen-bond donors (Lipinski definition) is 1. The van der Waals surface area contributed by atoms with Crippen molar-refractivity contribution in [3.8, 4) is 23.5 Å². The van der Waals surface area contributed by atoms with E-state index < -0.39 is 16.2 Å². The van der Waals surface area contributed by atoms with E-state index in [4.69, 9.17) is 9.15 Å². The van der Waals surface area contributed by atoms with E-state index in [9.17, 15) is 25.4 Å². The Bertz CT molecular complexity index is 1290. The highest BCUT2D eigenvalue weighted by molar-refractivity contribution is 5.74. The van der Waals surface area contributed by atoms with Gasteiger partial charge in [0.05, 0.1) is 28.7 Å². The first-order valence-corrected chi connectivity index (χ1v) is 8.60. The van der Waals surface area contributed by atoms with Crippen molar-refractivity contribution in [2.24, 2.45) is 0 Å². The Kier molecular flexibility index (Phi) is 5.87. The number of nitrogens with one attached hydrogen (secondary N) is 1. The van der Waals surface area contributed by atoms with Crippen LogP contribution in [0.3, 0.4) is 0 Å². The molecule has 0 aliphatic rings. The standard InChI is InChI=1S/C21H14N4O5/c1-29-12-17-16(11-23)21(26)24-18(20(17)25(27)28)8-6-14-7-9-19(30-14)15-5-3-2-4-13(15)10-22/h2-9H,12H2,1H3,(H,24,26). The van der Waals surface area contributed by atoms with Gasteiger partial charge < -0.3 is 14.1 Å². The van der Waals surface area contributed by atoms with Crippen molar-refractivity contribution in [1.82, 2.24) is 4.98 Å². The number of nitro groups is 1. The summed E-state index contributed by atoms with van der Waals surface area (Å²) in [4.78, 5) is 25.4. The van der Waals surface area contributed by atoms with Crippen LogP contribution in [0.25, 0.3) is 23.5 Å². The molecule has 2 heterocycles. The van der Waals surface area contributed by atoms with Crippen molar-refractivity contribution < 1.29 is 14.1 Å². The number of hydrogen-bond acceptors (Lipinski definition) is 7. The van der Waals surface area contributed by atoms with Gasteiger partial charge in [-0.2, -0.15) is 10.5 Å². The Morgan fingerprint density at radius 3 is 2.63 bits per heavy atom. The first-order chi connectivity index (χ1) is 14.5. The summed E-state index contributed by atoms with van der Waals surface area (Å²) in [5.74, 6) is 0.806. The molecule has 3 aromatic rings. The molecule has 0 spiro atoms. The number of furan rings is 1. The van der Waals surface area contributed by atoms with Gasteiger partial charge in [0, 0.05) is 12.7 Å². The van der Waals surface area contributed by atoms with Gasteiger partial charge in [-0.15, -0.1) is 0 Å². The van der Waals surface area contributed by atoms with Crippen molar-refractivity contribution in [3.05, 3.63) is 85.0 Å². The second kappa shape index (κ2) is 8.69. The summed E-state index contributed by atoms with van der Waals surface area (Å²) in [6, 6.07) is 14.0. The smallest absolute Gasteiger partial charge is 0.299 e. The van der Waals surface area contributed by atoms with Gasteiger partial charge in [-0.05, 0) is 36.4 Å². The van der Waals surface area contributed by atoms with Gasteiger partial charge in [-0.3, -0.25) is 14.9 Å². The number of ether oxygens (including phenoxy) is 1. The second-order valence-electron chi connectivity index (χ2n) is 6.06. The molecule has 3 rings (SSSR count). The zero-order valence-corrected chi connectivity index (χ0v) is 15.7. The molecule has 0 radical (unpaired) electrons. The second-order valence-corrected chi connectivity index (χ2v) is 6.06. The maximum absolute atomic E-state index is 12.2. The Balaban J connectivity index is 2.04. The molecule has 0 saturated carbocycles. The van der Waals surface area contributed by atoms with Crippen molar-refractivity contribution in [2.45, 2.75) is 6.61 Å². The summed E-state index contributed by atoms with van der Waals surface area (Å²) < 4.78 is 10.6. The lowest BCUT2D eigenvalue weighted by Crippen LogP contribution is -2.18. The highest BCUT2D eigenvalue weighted by Gasteiger charge is 2.25. The molecule has 1 aromatic carbocycles. The van der Waals surface area contributed by atoms with Crippen LogP contribution in [-0.2, 0) is 11.3 Å². The molecule has 0 aliphatic carbocycles. The van der Waals surface area contributed by atoms with Gasteiger partial charge in [-0.25, -0.2) is 0 Å². The maximum Gasteiger partial charge on any atom is 0.299 e. The van der Waals surface area contributed by atoms with Crippen LogP contribution in [0.1, 0.15) is 28.1 Å². The largest absolute Gasteiger partial charge is 0.457 e. The third-order valence-electron chi connectivity index (χ3n) is 4.26. The molecule has 30 heavy (non-hydrogen) atoms. The zero-order valence-electron chi connectivity index (χ0n) is 15.7. The first-order valence-electron chi connectivity index (χ1n) is 8.60. The molecule has 0 unspecified atom stereocenters. The molecule has 0 bridgehead atoms. The van der Waals surface area contributed by atoms with Crippen molar-refractivity contribution in [1.29, 1.82) is 10.5 Å². The monoisotopic (exact) mass is 402 g/mol. The minimum atomic E-state index is -0.752. The van der Waals surface area contributed by atoms with E-state index in [1.165, 1.54) is 19.3 Å². The Hall–Kier alpha value is -4.47. The van der Waals surface area contributed by atoms with E-state index in [0.717, 1.165) is 0 Å². The van der Waals surface area contributed by atoms with E-state index in [1.807, 2.05) is 0 Å². The van der Waals surface area contributed by atoms with E-state index in [0.29, 0.717) is 22.6 Å². The van der Waals surface area contributed by atoms with Crippen LogP contribution >= 0.6 is 0 Å². The molecule has 0 atom stereocenters. The summed E-state index contributed by atoms with van der Waals surface area (Å²) in [6.07, 6.45) is 2.76. The normalized spacial score (nSPS) is 10.6. The molecule has 0 fully saturated rings. The average Bonchev–Trinajstić information content (AvgIpc) is 3.21. The van der Waals surface area contributed by atoms with Crippen LogP contribution in [-0.4, -0.2) is 17.0 Å². The van der Waals surface area contributed by atoms with Gasteiger partial charge in [0.15, 0.2) is 0 Å². The van der Waals surface area contributed by atoms with Crippen LogP contribution in [0, 0.1) is 32.8 Å². The number of rotatable bonds is 6. The quantitative estimate of drug-likeness (QED) is 0.489. The summed E-state index contributed by atoms with van der Waals surface area (Å²) >= 11 is 0. The van der Waals surface area contributed by atoms with Crippen LogP contribution in [0.2, 0.25) is 0 Å². The van der Waals surface area contributed by atoms with Crippen LogP contribution in [0.15, 0.2) is 45.6 Å². The highest BCUT2D eigenvalue weighted by atomic mass is 16.6. The fraction of sp³-hybridized carbons (Fsp3) is 0.0952. The minimum Gasteiger partial charge on any atom is -0.457 e. The first kappa shape index (κ1) is 20.3. The number of aromatic nitrogens is 1. The number of aromatic amines is 1. The van der Waals surface area contributed by atoms with E-state index in [2.05, 4.69) is 11.1 Å². The minimum absolute atomic E-state index is 0.0913. The summed E-state index contributed by atoms with van der Waals surface area (Å²) in [5, 5.41) is 30.0. The van der Waals surface area contributed by atoms with Gasteiger partial charge in [0.1, 0.15) is 28.8 Å². The topological polar surface area (TPSA) is 146 Å². The highest BCUT2D eigenvalue weighted by Crippen LogP contribution is 2.28. The fourth-order valence-electron chi connectivity index (χ4n) is 2.94. The lowest BCUT2D eigenvalue weighted by molar-refractivity contribution is -0.386. The molecule has 148 valence electrons. The summed E-state index contributed by atoms with van der Waals surface area (Å²) in [5.41, 5.74) is -0.681. The Labute approximate surface area is 170 Å². The lowest BCUT2D eigenvalue weighted by atomic mass is 10.1. The molecular weight excluding hydrogens is 388 g/mol. The predicted octanol–water partition coefficient (Wildman–Crippen LogP) is 3.60. The molecule has 9 nitrogen and oxygen atoms in total. The lowest BCUT2D eigenvalue weighted by Gasteiger charge is -2.06. The van der Waals surface area contributed by atoms with Crippen LogP contribution in [0.4, 0.5) is 5.69 Å². The van der Waals surface area contributed by atoms with Gasteiger partial charge in [0.2, 0.25) is 0 Å². The van der Waals surface area contributed by atoms with E-state index in [-0.39, 0.29) is 23.4 Å². The third kappa shape index (κ3) is 3.87. The molecule has 9 heteroatoms. The fourth-order valence-corrected chi connectivity index (χ4v) is 2.94. The molecule has 0 amide bonds. The Morgan fingerprint density at radius 1 is 1.20 bits per heavy atom. The van der Waals surface area contributed by atoms with E-state index in [1.54, 1.807) is 42.5 Å². The average molecular weight is 402 g/mol. The molecule has 0 saturated heterocycles. The van der Waals surface area contributed by atoms with Crippen molar-refractivity contribution >= 4 is 17.8 Å². The van der Waals surface area contributed by atoms with Crippen LogP contribution < -0.4 is 5.56 Å².